The van der Waals surface area contributed by atoms with Gasteiger partial charge in [-0.15, -0.1) is 11.3 Å². The average molecular weight is 327 g/mol. The van der Waals surface area contributed by atoms with Crippen LogP contribution in [0.4, 0.5) is 0 Å². The van der Waals surface area contributed by atoms with E-state index in [9.17, 15) is 5.11 Å². The molecule has 5 heteroatoms. The third-order valence-corrected chi connectivity index (χ3v) is 5.45. The van der Waals surface area contributed by atoms with Crippen LogP contribution in [-0.2, 0) is 13.0 Å². The Hall–Kier alpha value is -1.85. The van der Waals surface area contributed by atoms with Crippen molar-refractivity contribution in [1.82, 2.24) is 14.9 Å². The zero-order valence-electron chi connectivity index (χ0n) is 13.0. The van der Waals surface area contributed by atoms with E-state index in [1.807, 2.05) is 12.1 Å². The van der Waals surface area contributed by atoms with Gasteiger partial charge in [0.25, 0.3) is 0 Å². The van der Waals surface area contributed by atoms with Crippen LogP contribution in [-0.4, -0.2) is 27.7 Å². The highest BCUT2D eigenvalue weighted by Gasteiger charge is 2.19. The van der Waals surface area contributed by atoms with Gasteiger partial charge in [0, 0.05) is 17.8 Å². The van der Waals surface area contributed by atoms with Crippen LogP contribution in [0.3, 0.4) is 0 Å². The Kier molecular flexibility index (Phi) is 4.06. The average Bonchev–Trinajstić information content (AvgIpc) is 3.18. The zero-order valence-corrected chi connectivity index (χ0v) is 13.9. The van der Waals surface area contributed by atoms with Crippen LogP contribution >= 0.6 is 11.3 Å². The van der Waals surface area contributed by atoms with Gasteiger partial charge in [0.15, 0.2) is 0 Å². The van der Waals surface area contributed by atoms with Crippen molar-refractivity contribution in [2.75, 3.05) is 13.1 Å². The lowest BCUT2D eigenvalue weighted by Crippen LogP contribution is -2.32. The van der Waals surface area contributed by atoms with Crippen molar-refractivity contribution in [3.63, 3.8) is 0 Å². The van der Waals surface area contributed by atoms with Gasteiger partial charge >= 0.3 is 0 Å². The van der Waals surface area contributed by atoms with Crippen molar-refractivity contribution in [2.24, 2.45) is 5.92 Å². The number of phenols is 1. The number of fused-ring (bicyclic) bond motifs is 1. The molecule has 3 aromatic rings. The summed E-state index contributed by atoms with van der Waals surface area (Å²) < 4.78 is 2.24. The highest BCUT2D eigenvalue weighted by molar-refractivity contribution is 7.09. The molecule has 2 N–H and O–H groups in total. The summed E-state index contributed by atoms with van der Waals surface area (Å²) in [5, 5.41) is 15.9. The number of thiophene rings is 1. The molecule has 1 aliphatic rings. The summed E-state index contributed by atoms with van der Waals surface area (Å²) in [7, 11) is 0. The van der Waals surface area contributed by atoms with Crippen LogP contribution in [0.15, 0.2) is 35.7 Å². The number of nitrogens with one attached hydrogen (secondary N) is 1. The summed E-state index contributed by atoms with van der Waals surface area (Å²) in [6.45, 7) is 3.09. The smallest absolute Gasteiger partial charge is 0.141 e. The first-order valence-electron chi connectivity index (χ1n) is 8.21. The molecule has 4 nitrogen and oxygen atoms in total. The molecule has 0 unspecified atom stereocenters. The number of benzene rings is 1. The molecule has 23 heavy (non-hydrogen) atoms. The summed E-state index contributed by atoms with van der Waals surface area (Å²) in [6.07, 6.45) is 3.29. The normalized spacial score (nSPS) is 18.5. The van der Waals surface area contributed by atoms with E-state index in [-0.39, 0.29) is 0 Å². The molecule has 3 heterocycles. The Morgan fingerprint density at radius 2 is 2.26 bits per heavy atom. The maximum absolute atomic E-state index is 10.3. The van der Waals surface area contributed by atoms with Gasteiger partial charge in [-0.05, 0) is 55.4 Å². The molecule has 0 saturated carbocycles. The van der Waals surface area contributed by atoms with Crippen LogP contribution in [0.2, 0.25) is 0 Å². The van der Waals surface area contributed by atoms with Crippen LogP contribution in [0.5, 0.6) is 5.75 Å². The lowest BCUT2D eigenvalue weighted by molar-refractivity contribution is 0.336. The summed E-state index contributed by atoms with van der Waals surface area (Å²) in [4.78, 5) is 6.11. The number of hydrogen-bond acceptors (Lipinski definition) is 4. The highest BCUT2D eigenvalue weighted by Crippen LogP contribution is 2.29. The number of piperidine rings is 1. The molecule has 0 bridgehead atoms. The Balaban J connectivity index is 1.74. The maximum Gasteiger partial charge on any atom is 0.141 e. The molecule has 0 aliphatic carbocycles. The van der Waals surface area contributed by atoms with Crippen LogP contribution in [0.25, 0.3) is 11.0 Å². The Morgan fingerprint density at radius 1 is 1.30 bits per heavy atom. The molecule has 1 aliphatic heterocycles. The molecule has 0 radical (unpaired) electrons. The fourth-order valence-electron chi connectivity index (χ4n) is 3.45. The molecule has 2 aromatic heterocycles. The van der Waals surface area contributed by atoms with Crippen molar-refractivity contribution < 1.29 is 5.11 Å². The minimum Gasteiger partial charge on any atom is -0.506 e. The lowest BCUT2D eigenvalue weighted by Gasteiger charge is -2.24. The first kappa shape index (κ1) is 14.7. The van der Waals surface area contributed by atoms with E-state index in [2.05, 4.69) is 27.4 Å². The predicted octanol–water partition coefficient (Wildman–Crippen LogP) is 3.39. The molecular formula is C18H21N3OS. The topological polar surface area (TPSA) is 50.1 Å². The molecule has 120 valence electrons. The van der Waals surface area contributed by atoms with Gasteiger partial charge < -0.3 is 15.0 Å². The first-order valence-corrected chi connectivity index (χ1v) is 9.09. The summed E-state index contributed by atoms with van der Waals surface area (Å²) >= 11 is 1.76. The Labute approximate surface area is 139 Å². The van der Waals surface area contributed by atoms with Crippen LogP contribution in [0.1, 0.15) is 23.5 Å². The van der Waals surface area contributed by atoms with Crippen molar-refractivity contribution in [3.05, 3.63) is 46.4 Å². The number of rotatable bonds is 4. The zero-order chi connectivity index (χ0) is 15.6. The minimum absolute atomic E-state index is 0.330. The monoisotopic (exact) mass is 327 g/mol. The third kappa shape index (κ3) is 2.99. The highest BCUT2D eigenvalue weighted by atomic mass is 32.1. The Morgan fingerprint density at radius 3 is 3.04 bits per heavy atom. The van der Waals surface area contributed by atoms with Crippen LogP contribution < -0.4 is 5.32 Å². The summed E-state index contributed by atoms with van der Waals surface area (Å²) in [5.74, 6) is 1.98. The Bertz CT molecular complexity index is 788. The van der Waals surface area contributed by atoms with E-state index in [0.717, 1.165) is 42.9 Å². The van der Waals surface area contributed by atoms with Gasteiger partial charge in [-0.1, -0.05) is 12.1 Å². The van der Waals surface area contributed by atoms with Crippen molar-refractivity contribution in [1.29, 1.82) is 0 Å². The van der Waals surface area contributed by atoms with Gasteiger partial charge in [-0.25, -0.2) is 4.98 Å². The van der Waals surface area contributed by atoms with E-state index in [0.29, 0.717) is 11.7 Å². The first-order chi connectivity index (χ1) is 11.3. The number of aromatic nitrogens is 2. The minimum atomic E-state index is 0.330. The van der Waals surface area contributed by atoms with E-state index < -0.39 is 0 Å². The number of imidazole rings is 1. The number of aromatic hydroxyl groups is 1. The molecule has 1 atom stereocenters. The quantitative estimate of drug-likeness (QED) is 0.772. The molecular weight excluding hydrogens is 306 g/mol. The van der Waals surface area contributed by atoms with Gasteiger partial charge in [0.2, 0.25) is 0 Å². The summed E-state index contributed by atoms with van der Waals surface area (Å²) in [6, 6.07) is 9.84. The van der Waals surface area contributed by atoms with Crippen molar-refractivity contribution in [3.8, 4) is 5.75 Å². The fraction of sp³-hybridized carbons (Fsp3) is 0.389. The van der Waals surface area contributed by atoms with Gasteiger partial charge in [-0.3, -0.25) is 0 Å². The van der Waals surface area contributed by atoms with Gasteiger partial charge in [0.1, 0.15) is 17.1 Å². The van der Waals surface area contributed by atoms with E-state index in [4.69, 9.17) is 4.98 Å². The van der Waals surface area contributed by atoms with Crippen molar-refractivity contribution >= 4 is 22.4 Å². The van der Waals surface area contributed by atoms with E-state index in [1.165, 1.54) is 17.7 Å². The molecule has 1 saturated heterocycles. The van der Waals surface area contributed by atoms with Crippen LogP contribution in [0, 0.1) is 5.92 Å². The SMILES string of the molecule is Oc1cccc2nc(Cc3cccs3)n(C[C@@H]3CCCNC3)c12. The lowest BCUT2D eigenvalue weighted by atomic mass is 9.99. The van der Waals surface area contributed by atoms with E-state index >= 15 is 0 Å². The number of nitrogens with zero attached hydrogens (tertiary/aromatic N) is 2. The molecule has 0 amide bonds. The summed E-state index contributed by atoms with van der Waals surface area (Å²) in [5.41, 5.74) is 1.77. The largest absolute Gasteiger partial charge is 0.506 e. The predicted molar refractivity (Wildman–Crippen MR) is 94.1 cm³/mol. The van der Waals surface area contributed by atoms with Gasteiger partial charge in [-0.2, -0.15) is 0 Å². The van der Waals surface area contributed by atoms with Crippen molar-refractivity contribution in [2.45, 2.75) is 25.8 Å². The molecule has 1 aromatic carbocycles. The molecule has 0 spiro atoms. The number of phenolic OH excluding ortho intramolecular Hbond substituents is 1. The second-order valence-electron chi connectivity index (χ2n) is 6.25. The molecule has 4 rings (SSSR count). The third-order valence-electron chi connectivity index (χ3n) is 4.58. The van der Waals surface area contributed by atoms with E-state index in [1.54, 1.807) is 17.4 Å². The molecule has 1 fully saturated rings. The second kappa shape index (κ2) is 6.34. The van der Waals surface area contributed by atoms with Gasteiger partial charge in [0.05, 0.1) is 5.52 Å². The fourth-order valence-corrected chi connectivity index (χ4v) is 4.15. The standard InChI is InChI=1S/C18H21N3OS/c22-16-7-1-6-15-18(16)21(12-13-4-2-8-19-11-13)17(20-15)10-14-5-3-9-23-14/h1,3,5-7,9,13,19,22H,2,4,8,10-12H2/t13-/m1/s1. The number of para-hydroxylation sites is 1. The number of hydrogen-bond donors (Lipinski definition) is 2. The second-order valence-corrected chi connectivity index (χ2v) is 7.28. The maximum atomic E-state index is 10.3.